The summed E-state index contributed by atoms with van der Waals surface area (Å²) in [6.45, 7) is 17.3. The predicted molar refractivity (Wildman–Crippen MR) is 242 cm³/mol. The smallest absolute Gasteiger partial charge is 0.408 e. The van der Waals surface area contributed by atoms with Gasteiger partial charge in [0.15, 0.2) is 0 Å². The number of hydrogen-bond acceptors (Lipinski definition) is 14. The first-order chi connectivity index (χ1) is 30.1. The van der Waals surface area contributed by atoms with E-state index in [9.17, 15) is 45.6 Å². The van der Waals surface area contributed by atoms with Crippen LogP contribution >= 0.6 is 0 Å². The fourth-order valence-electron chi connectivity index (χ4n) is 6.51. The number of hydrogen-bond donors (Lipinski definition) is 6. The lowest BCUT2D eigenvalue weighted by atomic mass is 10.1. The summed E-state index contributed by atoms with van der Waals surface area (Å²) in [4.78, 5) is 73.3. The number of amides is 5. The predicted octanol–water partition coefficient (Wildman–Crippen LogP) is 5.35. The number of nitrogens with two attached hydrogens (primary N) is 1. The van der Waals surface area contributed by atoms with Crippen LogP contribution in [0.4, 0.5) is 21.0 Å². The second kappa shape index (κ2) is 21.8. The van der Waals surface area contributed by atoms with E-state index in [2.05, 4.69) is 33.8 Å². The van der Waals surface area contributed by atoms with E-state index in [1.165, 1.54) is 55.7 Å². The fourth-order valence-corrected chi connectivity index (χ4v) is 8.88. The third-order valence-corrected chi connectivity index (χ3v) is 12.8. The summed E-state index contributed by atoms with van der Waals surface area (Å²) in [6, 6.07) is 11.5. The van der Waals surface area contributed by atoms with Crippen LogP contribution < -0.4 is 31.1 Å². The van der Waals surface area contributed by atoms with E-state index in [0.717, 1.165) is 25.7 Å². The van der Waals surface area contributed by atoms with Gasteiger partial charge >= 0.3 is 18.2 Å². The minimum Gasteiger partial charge on any atom is -0.469 e. The Labute approximate surface area is 381 Å². The van der Waals surface area contributed by atoms with Crippen molar-refractivity contribution >= 4 is 67.3 Å². The molecule has 0 saturated heterocycles. The van der Waals surface area contributed by atoms with Crippen molar-refractivity contribution in [1.29, 1.82) is 0 Å². The third-order valence-electron chi connectivity index (χ3n) is 9.98. The van der Waals surface area contributed by atoms with Crippen molar-refractivity contribution in [1.82, 2.24) is 20.1 Å². The number of esters is 1. The van der Waals surface area contributed by atoms with Gasteiger partial charge < -0.3 is 35.9 Å². The first-order valence-corrected chi connectivity index (χ1v) is 23.8. The lowest BCUT2D eigenvalue weighted by molar-refractivity contribution is -0.140. The summed E-state index contributed by atoms with van der Waals surface area (Å²) in [6.07, 6.45) is 6.02. The molecule has 4 atom stereocenters. The van der Waals surface area contributed by atoms with Crippen LogP contribution in [0.1, 0.15) is 99.3 Å². The van der Waals surface area contributed by atoms with Gasteiger partial charge in [0.25, 0.3) is 31.9 Å². The zero-order valence-corrected chi connectivity index (χ0v) is 39.5. The van der Waals surface area contributed by atoms with Crippen molar-refractivity contribution in [3.8, 4) is 0 Å². The van der Waals surface area contributed by atoms with Crippen LogP contribution in [0.25, 0.3) is 0 Å². The van der Waals surface area contributed by atoms with E-state index in [1.54, 1.807) is 53.7 Å². The number of para-hydroxylation sites is 2. The monoisotopic (exact) mass is 946 g/mol. The van der Waals surface area contributed by atoms with E-state index in [-0.39, 0.29) is 52.3 Å². The van der Waals surface area contributed by atoms with E-state index < -0.39 is 78.2 Å². The molecular formula is C44H62N6O13S2. The number of benzene rings is 2. The molecule has 2 aliphatic rings. The number of unbranched alkanes of at least 4 members (excludes halogenated alkanes) is 4. The maximum Gasteiger partial charge on any atom is 0.408 e. The van der Waals surface area contributed by atoms with Crippen molar-refractivity contribution in [2.75, 3.05) is 18.2 Å². The molecule has 2 aromatic rings. The molecule has 21 heteroatoms. The van der Waals surface area contributed by atoms with Crippen molar-refractivity contribution in [3.05, 3.63) is 73.8 Å². The van der Waals surface area contributed by atoms with Crippen LogP contribution in [-0.4, -0.2) is 82.1 Å². The lowest BCUT2D eigenvalue weighted by Gasteiger charge is -2.23. The van der Waals surface area contributed by atoms with Crippen LogP contribution in [-0.2, 0) is 53.4 Å². The first-order valence-electron chi connectivity index (χ1n) is 20.9. The number of carbonyl (C=O) groups excluding carboxylic acids is 6. The maximum atomic E-state index is 13.2. The Kier molecular flexibility index (Phi) is 17.9. The average molecular weight is 947 g/mol. The molecule has 5 amide bonds. The fraction of sp³-hybridized carbons (Fsp3) is 0.500. The van der Waals surface area contributed by atoms with Crippen LogP contribution in [0, 0.1) is 11.8 Å². The summed E-state index contributed by atoms with van der Waals surface area (Å²) >= 11 is 0. The Morgan fingerprint density at radius 3 is 1.52 bits per heavy atom. The standard InChI is InChI=1S/C27H39N3O8S.C17H23N3O5S/c1-6-19-18-27(19,29-25(34)38-26(2,3)4)24(33)30-39(35,36)21-15-13-12-14-20(21)28-22(31)16-10-8-7-9-11-17-23(32)37-5;1-5-11-10-17(11,19-15(22)25-16(2,3)4)14(21)20-26(23,24)13-9-7-6-8-12(13)18/h6,12-15,19H,1,7-11,16-18H2,2-5H3,(H,28,31)(H,29,34)(H,30,33);5-9,11H,1,10,18H2,2-4H3,(H,19,22)(H,20,21)/t19-,27-;11-,17-/m11/s1. The molecular weight excluding hydrogens is 885 g/mol. The molecule has 0 bridgehead atoms. The van der Waals surface area contributed by atoms with Crippen molar-refractivity contribution in [2.45, 2.75) is 131 Å². The molecule has 4 rings (SSSR count). The number of carbonyl (C=O) groups is 6. The number of ether oxygens (including phenoxy) is 3. The highest BCUT2D eigenvalue weighted by Gasteiger charge is 2.62. The van der Waals surface area contributed by atoms with Gasteiger partial charge in [0.2, 0.25) is 5.91 Å². The molecule has 0 aliphatic heterocycles. The minimum absolute atomic E-state index is 0.0121. The van der Waals surface area contributed by atoms with Crippen molar-refractivity contribution in [3.63, 3.8) is 0 Å². The van der Waals surface area contributed by atoms with E-state index in [0.29, 0.717) is 12.8 Å². The molecule has 65 heavy (non-hydrogen) atoms. The third kappa shape index (κ3) is 15.6. The number of nitrogens with one attached hydrogen (secondary N) is 5. The summed E-state index contributed by atoms with van der Waals surface area (Å²) in [5.74, 6) is -3.28. The normalized spacial score (nSPS) is 19.9. The molecule has 2 aromatic carbocycles. The Morgan fingerprint density at radius 1 is 0.677 bits per heavy atom. The SMILES string of the molecule is C=C[C@@H]1C[C@]1(NC(=O)OC(C)(C)C)C(=O)NS(=O)(=O)c1ccccc1N.C=C[C@@H]1C[C@]1(NC(=O)OC(C)(C)C)C(=O)NS(=O)(=O)c1ccccc1NC(=O)CCCCCCCC(=O)OC. The van der Waals surface area contributed by atoms with Crippen LogP contribution in [0.2, 0.25) is 0 Å². The summed E-state index contributed by atoms with van der Waals surface area (Å²) in [5, 5.41) is 7.58. The van der Waals surface area contributed by atoms with Gasteiger partial charge in [0.1, 0.15) is 32.1 Å². The van der Waals surface area contributed by atoms with E-state index >= 15 is 0 Å². The van der Waals surface area contributed by atoms with Gasteiger partial charge in [-0.15, -0.1) is 13.2 Å². The van der Waals surface area contributed by atoms with Gasteiger partial charge in [-0.1, -0.05) is 55.7 Å². The number of rotatable bonds is 19. The zero-order chi connectivity index (χ0) is 49.0. The first kappa shape index (κ1) is 53.4. The van der Waals surface area contributed by atoms with Gasteiger partial charge in [-0.2, -0.15) is 0 Å². The Bertz CT molecular complexity index is 2340. The molecule has 7 N–H and O–H groups in total. The number of anilines is 2. The number of nitrogen functional groups attached to an aromatic ring is 1. The maximum absolute atomic E-state index is 13.2. The van der Waals surface area contributed by atoms with E-state index in [1.807, 2.05) is 9.44 Å². The quantitative estimate of drug-likeness (QED) is 0.0341. The van der Waals surface area contributed by atoms with Crippen LogP contribution in [0.3, 0.4) is 0 Å². The molecule has 0 radical (unpaired) electrons. The number of sulfonamides is 2. The number of methoxy groups -OCH3 is 1. The van der Waals surface area contributed by atoms with Crippen LogP contribution in [0.5, 0.6) is 0 Å². The lowest BCUT2D eigenvalue weighted by Crippen LogP contribution is -2.52. The molecule has 0 spiro atoms. The van der Waals surface area contributed by atoms with Gasteiger partial charge in [-0.05, 0) is 91.5 Å². The topological polar surface area (TPSA) is 285 Å². The zero-order valence-electron chi connectivity index (χ0n) is 37.9. The molecule has 0 aromatic heterocycles. The van der Waals surface area contributed by atoms with Crippen molar-refractivity contribution in [2.24, 2.45) is 11.8 Å². The number of alkyl carbamates (subject to hydrolysis) is 2. The van der Waals surface area contributed by atoms with Crippen molar-refractivity contribution < 1.29 is 59.8 Å². The minimum atomic E-state index is -4.40. The van der Waals surface area contributed by atoms with Crippen LogP contribution in [0.15, 0.2) is 83.6 Å². The summed E-state index contributed by atoms with van der Waals surface area (Å²) in [5.41, 5.74) is 1.23. The van der Waals surface area contributed by atoms with Gasteiger partial charge in [-0.3, -0.25) is 19.2 Å². The Hall–Kier alpha value is -5.96. The average Bonchev–Trinajstić information content (AvgIpc) is 4.10. The summed E-state index contributed by atoms with van der Waals surface area (Å²) < 4.78 is 70.3. The Balaban J connectivity index is 0.000000374. The highest BCUT2D eigenvalue weighted by molar-refractivity contribution is 7.90. The van der Waals surface area contributed by atoms with Gasteiger partial charge in [0, 0.05) is 24.7 Å². The molecule has 19 nitrogen and oxygen atoms in total. The second-order valence-electron chi connectivity index (χ2n) is 17.6. The highest BCUT2D eigenvalue weighted by Crippen LogP contribution is 2.46. The molecule has 2 saturated carbocycles. The highest BCUT2D eigenvalue weighted by atomic mass is 32.2. The molecule has 0 unspecified atom stereocenters. The summed E-state index contributed by atoms with van der Waals surface area (Å²) in [7, 11) is -7.24. The molecule has 2 fully saturated rings. The van der Waals surface area contributed by atoms with Gasteiger partial charge in [-0.25, -0.2) is 35.9 Å². The van der Waals surface area contributed by atoms with Gasteiger partial charge in [0.05, 0.1) is 18.5 Å². The second-order valence-corrected chi connectivity index (χ2v) is 20.9. The largest absolute Gasteiger partial charge is 0.469 e. The molecule has 2 aliphatic carbocycles. The van der Waals surface area contributed by atoms with E-state index in [4.69, 9.17) is 15.2 Å². The molecule has 0 heterocycles. The Morgan fingerprint density at radius 2 is 1.09 bits per heavy atom. The molecule has 358 valence electrons.